The molecule has 0 atom stereocenters. The number of methoxy groups -OCH3 is 1. The highest BCUT2D eigenvalue weighted by Crippen LogP contribution is 2.30. The van der Waals surface area contributed by atoms with E-state index in [1.165, 1.54) is 0 Å². The smallest absolute Gasteiger partial charge is 0.142 e. The van der Waals surface area contributed by atoms with Gasteiger partial charge in [-0.2, -0.15) is 0 Å². The highest BCUT2D eigenvalue weighted by Gasteiger charge is 2.02. The number of hydrogen-bond donors (Lipinski definition) is 1. The molecule has 0 saturated carbocycles. The summed E-state index contributed by atoms with van der Waals surface area (Å²) in [6.45, 7) is 0. The van der Waals surface area contributed by atoms with E-state index in [2.05, 4.69) is 15.9 Å². The topological polar surface area (TPSA) is 44.5 Å². The van der Waals surface area contributed by atoms with Gasteiger partial charge in [0.05, 0.1) is 12.8 Å². The van der Waals surface area contributed by atoms with Crippen molar-refractivity contribution in [2.24, 2.45) is 0 Å². The molecule has 3 nitrogen and oxygen atoms in total. The summed E-state index contributed by atoms with van der Waals surface area (Å²) in [5.74, 6) is 2.08. The van der Waals surface area contributed by atoms with Gasteiger partial charge in [-0.05, 0) is 30.3 Å². The molecule has 0 aliphatic carbocycles. The van der Waals surface area contributed by atoms with Crippen LogP contribution in [0.3, 0.4) is 0 Å². The maximum Gasteiger partial charge on any atom is 0.142 e. The van der Waals surface area contributed by atoms with E-state index in [0.29, 0.717) is 17.2 Å². The van der Waals surface area contributed by atoms with E-state index in [4.69, 9.17) is 15.2 Å². The molecular formula is C13H12BrNO2. The summed E-state index contributed by atoms with van der Waals surface area (Å²) in [7, 11) is 1.58. The Morgan fingerprint density at radius 3 is 2.47 bits per heavy atom. The van der Waals surface area contributed by atoms with Gasteiger partial charge in [0, 0.05) is 10.5 Å². The maximum atomic E-state index is 5.80. The second kappa shape index (κ2) is 5.10. The number of anilines is 1. The number of halogens is 1. The molecule has 0 heterocycles. The average molecular weight is 294 g/mol. The SMILES string of the molecule is COc1ccc(Oc2cccc(Br)c2)cc1N. The standard InChI is InChI=1S/C13H12BrNO2/c1-16-13-6-5-11(8-12(13)15)17-10-4-2-3-9(14)7-10/h2-8H,15H2,1H3. The zero-order valence-corrected chi connectivity index (χ0v) is 10.9. The highest BCUT2D eigenvalue weighted by molar-refractivity contribution is 9.10. The van der Waals surface area contributed by atoms with Crippen molar-refractivity contribution in [3.05, 3.63) is 46.9 Å². The van der Waals surface area contributed by atoms with Crippen molar-refractivity contribution in [1.29, 1.82) is 0 Å². The van der Waals surface area contributed by atoms with Crippen LogP contribution in [0.5, 0.6) is 17.2 Å². The Kier molecular flexibility index (Phi) is 3.54. The number of hydrogen-bond acceptors (Lipinski definition) is 3. The summed E-state index contributed by atoms with van der Waals surface area (Å²) in [6, 6.07) is 13.0. The number of nitrogens with two attached hydrogens (primary N) is 1. The lowest BCUT2D eigenvalue weighted by Crippen LogP contribution is -1.93. The van der Waals surface area contributed by atoms with Crippen molar-refractivity contribution < 1.29 is 9.47 Å². The molecule has 2 rings (SSSR count). The molecule has 0 aliphatic heterocycles. The molecule has 4 heteroatoms. The third kappa shape index (κ3) is 2.91. The normalized spacial score (nSPS) is 10.0. The van der Waals surface area contributed by atoms with Crippen molar-refractivity contribution in [3.8, 4) is 17.2 Å². The van der Waals surface area contributed by atoms with Crippen molar-refractivity contribution in [3.63, 3.8) is 0 Å². The van der Waals surface area contributed by atoms with Crippen molar-refractivity contribution in [1.82, 2.24) is 0 Å². The zero-order chi connectivity index (χ0) is 12.3. The predicted molar refractivity (Wildman–Crippen MR) is 71.6 cm³/mol. The van der Waals surface area contributed by atoms with Crippen LogP contribution in [0.4, 0.5) is 5.69 Å². The Hall–Kier alpha value is -1.68. The molecule has 17 heavy (non-hydrogen) atoms. The van der Waals surface area contributed by atoms with Crippen molar-refractivity contribution in [2.75, 3.05) is 12.8 Å². The van der Waals surface area contributed by atoms with Gasteiger partial charge >= 0.3 is 0 Å². The molecule has 0 amide bonds. The van der Waals surface area contributed by atoms with Crippen molar-refractivity contribution in [2.45, 2.75) is 0 Å². The predicted octanol–water partition coefficient (Wildman–Crippen LogP) is 3.83. The molecule has 0 unspecified atom stereocenters. The summed E-state index contributed by atoms with van der Waals surface area (Å²) in [5, 5.41) is 0. The first-order chi connectivity index (χ1) is 8.19. The van der Waals surface area contributed by atoms with Crippen LogP contribution in [0, 0.1) is 0 Å². The van der Waals surface area contributed by atoms with Crippen LogP contribution in [0.15, 0.2) is 46.9 Å². The van der Waals surface area contributed by atoms with E-state index < -0.39 is 0 Å². The number of nitrogen functional groups attached to an aromatic ring is 1. The third-order valence-corrected chi connectivity index (χ3v) is 2.73. The minimum Gasteiger partial charge on any atom is -0.495 e. The lowest BCUT2D eigenvalue weighted by molar-refractivity contribution is 0.415. The molecule has 0 radical (unpaired) electrons. The van der Waals surface area contributed by atoms with Gasteiger partial charge < -0.3 is 15.2 Å². The molecule has 2 N–H and O–H groups in total. The first-order valence-corrected chi connectivity index (χ1v) is 5.85. The van der Waals surface area contributed by atoms with Crippen LogP contribution in [0.1, 0.15) is 0 Å². The van der Waals surface area contributed by atoms with Crippen LogP contribution in [-0.2, 0) is 0 Å². The van der Waals surface area contributed by atoms with E-state index in [0.717, 1.165) is 10.2 Å². The highest BCUT2D eigenvalue weighted by atomic mass is 79.9. The molecule has 0 fully saturated rings. The minimum absolute atomic E-state index is 0.556. The van der Waals surface area contributed by atoms with Gasteiger partial charge in [0.1, 0.15) is 17.2 Å². The molecule has 2 aromatic carbocycles. The number of rotatable bonds is 3. The monoisotopic (exact) mass is 293 g/mol. The quantitative estimate of drug-likeness (QED) is 0.875. The maximum absolute atomic E-state index is 5.80. The Morgan fingerprint density at radius 2 is 1.82 bits per heavy atom. The van der Waals surface area contributed by atoms with Gasteiger partial charge in [-0.25, -0.2) is 0 Å². The van der Waals surface area contributed by atoms with Gasteiger partial charge in [0.15, 0.2) is 0 Å². The van der Waals surface area contributed by atoms with Gasteiger partial charge in [0.25, 0.3) is 0 Å². The van der Waals surface area contributed by atoms with E-state index in [1.54, 1.807) is 19.2 Å². The van der Waals surface area contributed by atoms with E-state index in [9.17, 15) is 0 Å². The van der Waals surface area contributed by atoms with Crippen molar-refractivity contribution >= 4 is 21.6 Å². The summed E-state index contributed by atoms with van der Waals surface area (Å²) >= 11 is 3.39. The largest absolute Gasteiger partial charge is 0.495 e. The van der Waals surface area contributed by atoms with Crippen LogP contribution in [-0.4, -0.2) is 7.11 Å². The van der Waals surface area contributed by atoms with E-state index >= 15 is 0 Å². The Morgan fingerprint density at radius 1 is 1.06 bits per heavy atom. The lowest BCUT2D eigenvalue weighted by Gasteiger charge is -2.09. The second-order valence-corrected chi connectivity index (χ2v) is 4.38. The van der Waals surface area contributed by atoms with E-state index in [1.807, 2.05) is 30.3 Å². The van der Waals surface area contributed by atoms with Gasteiger partial charge in [-0.15, -0.1) is 0 Å². The zero-order valence-electron chi connectivity index (χ0n) is 9.31. The molecule has 0 aliphatic rings. The molecular weight excluding hydrogens is 282 g/mol. The Balaban J connectivity index is 2.22. The summed E-state index contributed by atoms with van der Waals surface area (Å²) in [4.78, 5) is 0. The molecule has 0 bridgehead atoms. The summed E-state index contributed by atoms with van der Waals surface area (Å²) in [6.07, 6.45) is 0. The number of benzene rings is 2. The summed E-state index contributed by atoms with van der Waals surface area (Å²) < 4.78 is 11.7. The van der Waals surface area contributed by atoms with Gasteiger partial charge in [-0.1, -0.05) is 22.0 Å². The molecule has 88 valence electrons. The first kappa shape index (κ1) is 11.8. The second-order valence-electron chi connectivity index (χ2n) is 3.46. The summed E-state index contributed by atoms with van der Waals surface area (Å²) in [5.41, 5.74) is 6.36. The fourth-order valence-corrected chi connectivity index (χ4v) is 1.82. The van der Waals surface area contributed by atoms with Gasteiger partial charge in [-0.3, -0.25) is 0 Å². The van der Waals surface area contributed by atoms with Crippen LogP contribution in [0.25, 0.3) is 0 Å². The van der Waals surface area contributed by atoms with E-state index in [-0.39, 0.29) is 0 Å². The Labute approximate surface area is 108 Å². The molecule has 0 aromatic heterocycles. The average Bonchev–Trinajstić information content (AvgIpc) is 2.29. The van der Waals surface area contributed by atoms with Crippen LogP contribution >= 0.6 is 15.9 Å². The minimum atomic E-state index is 0.556. The fourth-order valence-electron chi connectivity index (χ4n) is 1.44. The molecule has 0 saturated heterocycles. The third-order valence-electron chi connectivity index (χ3n) is 2.23. The number of ether oxygens (including phenoxy) is 2. The molecule has 0 spiro atoms. The van der Waals surface area contributed by atoms with Crippen LogP contribution in [0.2, 0.25) is 0 Å². The van der Waals surface area contributed by atoms with Gasteiger partial charge in [0.2, 0.25) is 0 Å². The lowest BCUT2D eigenvalue weighted by atomic mass is 10.3. The van der Waals surface area contributed by atoms with Crippen LogP contribution < -0.4 is 15.2 Å². The fraction of sp³-hybridized carbons (Fsp3) is 0.0769. The molecule has 2 aromatic rings. The Bertz CT molecular complexity index is 529. The first-order valence-electron chi connectivity index (χ1n) is 5.06.